The molecule has 104 valence electrons. The summed E-state index contributed by atoms with van der Waals surface area (Å²) in [5, 5.41) is 0. The Balaban J connectivity index is 2.02. The molecule has 0 aromatic heterocycles. The maximum atomic E-state index is 12.4. The Morgan fingerprint density at radius 2 is 1.79 bits per heavy atom. The highest BCUT2D eigenvalue weighted by Gasteiger charge is 2.26. The van der Waals surface area contributed by atoms with Crippen molar-refractivity contribution >= 4 is 17.5 Å². The quantitative estimate of drug-likeness (QED) is 0.616. The van der Waals surface area contributed by atoms with E-state index in [9.17, 15) is 4.79 Å². The minimum atomic E-state index is 0.244. The Bertz CT molecular complexity index is 419. The van der Waals surface area contributed by atoms with Gasteiger partial charge in [-0.25, -0.2) is 0 Å². The van der Waals surface area contributed by atoms with Gasteiger partial charge in [0.1, 0.15) is 0 Å². The molecule has 0 radical (unpaired) electrons. The van der Waals surface area contributed by atoms with Crippen molar-refractivity contribution in [3.8, 4) is 0 Å². The highest BCUT2D eigenvalue weighted by Crippen LogP contribution is 2.23. The van der Waals surface area contributed by atoms with Gasteiger partial charge in [0.2, 0.25) is 0 Å². The fourth-order valence-electron chi connectivity index (χ4n) is 2.82. The van der Waals surface area contributed by atoms with Crippen LogP contribution in [0.3, 0.4) is 0 Å². The summed E-state index contributed by atoms with van der Waals surface area (Å²) in [4.78, 5) is 15.9. The molecule has 1 aromatic carbocycles. The van der Waals surface area contributed by atoms with Crippen molar-refractivity contribution in [1.82, 2.24) is 4.90 Å². The fraction of sp³-hybridized carbons (Fsp3) is 0.562. The highest BCUT2D eigenvalue weighted by molar-refractivity contribution is 7.98. The van der Waals surface area contributed by atoms with Gasteiger partial charge in [0.05, 0.1) is 6.54 Å². The lowest BCUT2D eigenvalue weighted by atomic mass is 9.96. The molecular formula is C16H23NOS. The first-order valence-corrected chi connectivity index (χ1v) is 8.27. The van der Waals surface area contributed by atoms with Crippen molar-refractivity contribution in [3.05, 3.63) is 29.8 Å². The van der Waals surface area contributed by atoms with E-state index in [1.54, 1.807) is 11.8 Å². The Morgan fingerprint density at radius 3 is 2.32 bits per heavy atom. The van der Waals surface area contributed by atoms with Crippen LogP contribution < -0.4 is 0 Å². The van der Waals surface area contributed by atoms with Gasteiger partial charge in [-0.3, -0.25) is 9.69 Å². The molecule has 2 rings (SSSR count). The van der Waals surface area contributed by atoms with E-state index in [4.69, 9.17) is 0 Å². The van der Waals surface area contributed by atoms with Crippen LogP contribution >= 0.6 is 11.8 Å². The summed E-state index contributed by atoms with van der Waals surface area (Å²) in [7, 11) is 0. The van der Waals surface area contributed by atoms with Gasteiger partial charge in [-0.05, 0) is 45.1 Å². The van der Waals surface area contributed by atoms with Crippen molar-refractivity contribution in [2.45, 2.75) is 50.1 Å². The Morgan fingerprint density at radius 1 is 1.21 bits per heavy atom. The number of hydrogen-bond acceptors (Lipinski definition) is 3. The van der Waals surface area contributed by atoms with Gasteiger partial charge in [0.15, 0.2) is 5.78 Å². The lowest BCUT2D eigenvalue weighted by molar-refractivity contribution is 0.0734. The number of carbonyl (C=O) groups is 1. The standard InChI is InChI=1S/C16H23NOS/c1-12-5-4-6-13(2)17(12)11-16(18)14-7-9-15(19-3)10-8-14/h7-10,12-13H,4-6,11H2,1-3H3. The third-order valence-electron chi connectivity index (χ3n) is 4.11. The van der Waals surface area contributed by atoms with Crippen molar-refractivity contribution in [3.63, 3.8) is 0 Å². The summed E-state index contributed by atoms with van der Waals surface area (Å²) >= 11 is 1.70. The number of nitrogens with zero attached hydrogens (tertiary/aromatic N) is 1. The predicted octanol–water partition coefficient (Wildman–Crippen LogP) is 3.85. The smallest absolute Gasteiger partial charge is 0.176 e. The lowest BCUT2D eigenvalue weighted by Crippen LogP contribution is -2.46. The molecule has 2 nitrogen and oxygen atoms in total. The maximum Gasteiger partial charge on any atom is 0.176 e. The largest absolute Gasteiger partial charge is 0.293 e. The summed E-state index contributed by atoms with van der Waals surface area (Å²) in [5.74, 6) is 0.244. The third kappa shape index (κ3) is 3.61. The van der Waals surface area contributed by atoms with Gasteiger partial charge in [-0.15, -0.1) is 11.8 Å². The molecule has 1 aliphatic heterocycles. The molecule has 0 amide bonds. The van der Waals surface area contributed by atoms with E-state index in [0.29, 0.717) is 18.6 Å². The second-order valence-electron chi connectivity index (χ2n) is 5.45. The van der Waals surface area contributed by atoms with Crippen LogP contribution in [0.5, 0.6) is 0 Å². The maximum absolute atomic E-state index is 12.4. The third-order valence-corrected chi connectivity index (χ3v) is 4.86. The van der Waals surface area contributed by atoms with Gasteiger partial charge in [-0.1, -0.05) is 18.6 Å². The van der Waals surface area contributed by atoms with Gasteiger partial charge in [0.25, 0.3) is 0 Å². The highest BCUT2D eigenvalue weighted by atomic mass is 32.2. The van der Waals surface area contributed by atoms with E-state index in [1.807, 2.05) is 30.5 Å². The average molecular weight is 277 g/mol. The summed E-state index contributed by atoms with van der Waals surface area (Å²) in [6.07, 6.45) is 5.76. The summed E-state index contributed by atoms with van der Waals surface area (Å²) in [5.41, 5.74) is 0.836. The second-order valence-corrected chi connectivity index (χ2v) is 6.33. The number of ketones is 1. The molecule has 3 heteroatoms. The predicted molar refractivity (Wildman–Crippen MR) is 82.0 cm³/mol. The van der Waals surface area contributed by atoms with Crippen LogP contribution in [0.25, 0.3) is 0 Å². The molecule has 1 aromatic rings. The summed E-state index contributed by atoms with van der Waals surface area (Å²) < 4.78 is 0. The normalized spacial score (nSPS) is 24.4. The van der Waals surface area contributed by atoms with Crippen LogP contribution in [-0.2, 0) is 0 Å². The summed E-state index contributed by atoms with van der Waals surface area (Å²) in [6.45, 7) is 5.03. The zero-order valence-corrected chi connectivity index (χ0v) is 12.9. The number of rotatable bonds is 4. The van der Waals surface area contributed by atoms with E-state index in [-0.39, 0.29) is 5.78 Å². The molecule has 0 bridgehead atoms. The number of benzene rings is 1. The number of carbonyl (C=O) groups excluding carboxylic acids is 1. The van der Waals surface area contributed by atoms with Crippen molar-refractivity contribution < 1.29 is 4.79 Å². The first kappa shape index (κ1) is 14.6. The molecule has 0 saturated carbocycles. The monoisotopic (exact) mass is 277 g/mol. The first-order valence-electron chi connectivity index (χ1n) is 7.05. The second kappa shape index (κ2) is 6.58. The van der Waals surface area contributed by atoms with E-state index in [1.165, 1.54) is 24.2 Å². The molecule has 0 N–H and O–H groups in total. The van der Waals surface area contributed by atoms with Crippen LogP contribution in [0.2, 0.25) is 0 Å². The Labute approximate surface area is 120 Å². The molecule has 1 aliphatic rings. The SMILES string of the molecule is CSc1ccc(C(=O)CN2C(C)CCCC2C)cc1. The average Bonchev–Trinajstić information content (AvgIpc) is 2.43. The first-order chi connectivity index (χ1) is 9.11. The number of piperidine rings is 1. The van der Waals surface area contributed by atoms with Crippen molar-refractivity contribution in [1.29, 1.82) is 0 Å². The molecule has 0 aliphatic carbocycles. The molecule has 2 atom stereocenters. The zero-order chi connectivity index (χ0) is 13.8. The van der Waals surface area contributed by atoms with E-state index < -0.39 is 0 Å². The van der Waals surface area contributed by atoms with Crippen LogP contribution in [0.1, 0.15) is 43.5 Å². The molecule has 19 heavy (non-hydrogen) atoms. The minimum absolute atomic E-state index is 0.244. The van der Waals surface area contributed by atoms with Gasteiger partial charge in [0, 0.05) is 22.5 Å². The number of likely N-dealkylation sites (tertiary alicyclic amines) is 1. The number of Topliss-reactive ketones (excluding diaryl/α,β-unsaturated/α-hetero) is 1. The van der Waals surface area contributed by atoms with Gasteiger partial charge >= 0.3 is 0 Å². The van der Waals surface area contributed by atoms with E-state index in [0.717, 1.165) is 5.56 Å². The summed E-state index contributed by atoms with van der Waals surface area (Å²) in [6, 6.07) is 9.01. The van der Waals surface area contributed by atoms with Crippen LogP contribution in [0, 0.1) is 0 Å². The number of thioether (sulfide) groups is 1. The van der Waals surface area contributed by atoms with E-state index >= 15 is 0 Å². The van der Waals surface area contributed by atoms with E-state index in [2.05, 4.69) is 18.7 Å². The topological polar surface area (TPSA) is 20.3 Å². The molecule has 1 saturated heterocycles. The molecule has 1 heterocycles. The number of hydrogen-bond donors (Lipinski definition) is 0. The lowest BCUT2D eigenvalue weighted by Gasteiger charge is -2.38. The molecule has 0 spiro atoms. The zero-order valence-electron chi connectivity index (χ0n) is 12.1. The molecule has 2 unspecified atom stereocenters. The van der Waals surface area contributed by atoms with Crippen molar-refractivity contribution in [2.75, 3.05) is 12.8 Å². The van der Waals surface area contributed by atoms with Gasteiger partial charge in [-0.2, -0.15) is 0 Å². The Kier molecular flexibility index (Phi) is 5.06. The minimum Gasteiger partial charge on any atom is -0.293 e. The fourth-order valence-corrected chi connectivity index (χ4v) is 3.23. The van der Waals surface area contributed by atoms with Crippen molar-refractivity contribution in [2.24, 2.45) is 0 Å². The van der Waals surface area contributed by atoms with Crippen LogP contribution in [0.15, 0.2) is 29.2 Å². The van der Waals surface area contributed by atoms with Crippen LogP contribution in [-0.4, -0.2) is 35.6 Å². The van der Waals surface area contributed by atoms with Gasteiger partial charge < -0.3 is 0 Å². The molecule has 1 fully saturated rings. The van der Waals surface area contributed by atoms with Crippen LogP contribution in [0.4, 0.5) is 0 Å². The Hall–Kier alpha value is -0.800. The molecular weight excluding hydrogens is 254 g/mol.